The van der Waals surface area contributed by atoms with Crippen molar-refractivity contribution in [1.82, 2.24) is 9.78 Å². The van der Waals surface area contributed by atoms with Gasteiger partial charge in [-0.3, -0.25) is 4.68 Å². The van der Waals surface area contributed by atoms with E-state index >= 15 is 0 Å². The Labute approximate surface area is 120 Å². The maximum absolute atomic E-state index is 13.8. The van der Waals surface area contributed by atoms with Crippen LogP contribution >= 0.6 is 15.9 Å². The number of nitrogens with two attached hydrogens (primary N) is 1. The monoisotopic (exact) mass is 325 g/mol. The standard InChI is InChI=1S/C14H17BrFN3/c1-3-10-7-11(19(2)18-10)8-14(17)12-6-9(15)4-5-13(12)16/h4-7,14H,3,8,17H2,1-2H3. The molecule has 2 N–H and O–H groups in total. The molecule has 0 aliphatic heterocycles. The molecule has 2 aromatic rings. The average molecular weight is 326 g/mol. The number of rotatable bonds is 4. The fourth-order valence-corrected chi connectivity index (χ4v) is 2.45. The van der Waals surface area contributed by atoms with Gasteiger partial charge in [0.25, 0.3) is 0 Å². The fourth-order valence-electron chi connectivity index (χ4n) is 2.07. The highest BCUT2D eigenvalue weighted by molar-refractivity contribution is 9.10. The lowest BCUT2D eigenvalue weighted by molar-refractivity contribution is 0.568. The van der Waals surface area contributed by atoms with Crippen molar-refractivity contribution in [2.75, 3.05) is 0 Å². The van der Waals surface area contributed by atoms with Crippen molar-refractivity contribution in [2.45, 2.75) is 25.8 Å². The zero-order chi connectivity index (χ0) is 14.0. The van der Waals surface area contributed by atoms with Crippen LogP contribution in [-0.4, -0.2) is 9.78 Å². The smallest absolute Gasteiger partial charge is 0.128 e. The Morgan fingerprint density at radius 3 is 2.79 bits per heavy atom. The summed E-state index contributed by atoms with van der Waals surface area (Å²) in [5, 5.41) is 4.37. The predicted molar refractivity (Wildman–Crippen MR) is 77.3 cm³/mol. The molecule has 102 valence electrons. The van der Waals surface area contributed by atoms with Crippen LogP contribution < -0.4 is 5.73 Å². The topological polar surface area (TPSA) is 43.8 Å². The van der Waals surface area contributed by atoms with E-state index in [1.165, 1.54) is 6.07 Å². The second kappa shape index (κ2) is 5.84. The van der Waals surface area contributed by atoms with Crippen LogP contribution in [0.15, 0.2) is 28.7 Å². The molecular formula is C14H17BrFN3. The number of halogens is 2. The predicted octanol–water partition coefficient (Wildman–Crippen LogP) is 3.13. The van der Waals surface area contributed by atoms with Crippen LogP contribution in [0, 0.1) is 5.82 Å². The Balaban J connectivity index is 2.22. The van der Waals surface area contributed by atoms with Gasteiger partial charge in [-0.1, -0.05) is 22.9 Å². The summed E-state index contributed by atoms with van der Waals surface area (Å²) in [6, 6.07) is 6.48. The highest BCUT2D eigenvalue weighted by Gasteiger charge is 2.15. The summed E-state index contributed by atoms with van der Waals surface area (Å²) in [6.45, 7) is 2.06. The van der Waals surface area contributed by atoms with E-state index in [1.807, 2.05) is 17.8 Å². The molecule has 5 heteroatoms. The minimum Gasteiger partial charge on any atom is -0.324 e. The zero-order valence-corrected chi connectivity index (χ0v) is 12.6. The SMILES string of the molecule is CCc1cc(CC(N)c2cc(Br)ccc2F)n(C)n1. The van der Waals surface area contributed by atoms with E-state index in [0.717, 1.165) is 22.3 Å². The first kappa shape index (κ1) is 14.2. The van der Waals surface area contributed by atoms with Gasteiger partial charge in [-0.15, -0.1) is 0 Å². The van der Waals surface area contributed by atoms with Gasteiger partial charge in [0, 0.05) is 35.2 Å². The molecule has 1 atom stereocenters. The molecule has 3 nitrogen and oxygen atoms in total. The lowest BCUT2D eigenvalue weighted by Gasteiger charge is -2.13. The van der Waals surface area contributed by atoms with Crippen molar-refractivity contribution in [1.29, 1.82) is 0 Å². The van der Waals surface area contributed by atoms with Gasteiger partial charge in [-0.2, -0.15) is 5.10 Å². The molecule has 0 bridgehead atoms. The average Bonchev–Trinajstić information content (AvgIpc) is 2.73. The molecule has 0 saturated heterocycles. The van der Waals surface area contributed by atoms with Gasteiger partial charge < -0.3 is 5.73 Å². The Morgan fingerprint density at radius 2 is 2.16 bits per heavy atom. The van der Waals surface area contributed by atoms with Crippen LogP contribution in [-0.2, 0) is 19.9 Å². The highest BCUT2D eigenvalue weighted by Crippen LogP contribution is 2.23. The minimum absolute atomic E-state index is 0.270. The summed E-state index contributed by atoms with van der Waals surface area (Å²) < 4.78 is 16.4. The van der Waals surface area contributed by atoms with E-state index in [9.17, 15) is 4.39 Å². The normalized spacial score (nSPS) is 12.7. The van der Waals surface area contributed by atoms with Crippen LogP contribution in [0.3, 0.4) is 0 Å². The molecule has 1 aromatic carbocycles. The Hall–Kier alpha value is -1.20. The van der Waals surface area contributed by atoms with Gasteiger partial charge in [0.2, 0.25) is 0 Å². The second-order valence-electron chi connectivity index (χ2n) is 4.58. The maximum atomic E-state index is 13.8. The second-order valence-corrected chi connectivity index (χ2v) is 5.50. The van der Waals surface area contributed by atoms with E-state index in [0.29, 0.717) is 12.0 Å². The molecule has 0 aliphatic carbocycles. The molecule has 19 heavy (non-hydrogen) atoms. The van der Waals surface area contributed by atoms with Gasteiger partial charge in [0.1, 0.15) is 5.82 Å². The number of nitrogens with zero attached hydrogens (tertiary/aromatic N) is 2. The Morgan fingerprint density at radius 1 is 1.42 bits per heavy atom. The van der Waals surface area contributed by atoms with Crippen LogP contribution in [0.1, 0.15) is 29.9 Å². The van der Waals surface area contributed by atoms with E-state index < -0.39 is 0 Å². The van der Waals surface area contributed by atoms with E-state index in [1.54, 1.807) is 12.1 Å². The molecule has 1 aromatic heterocycles. The molecule has 0 aliphatic rings. The molecule has 0 fully saturated rings. The molecule has 0 saturated carbocycles. The summed E-state index contributed by atoms with van der Waals surface area (Å²) in [5.74, 6) is -0.270. The summed E-state index contributed by atoms with van der Waals surface area (Å²) >= 11 is 3.34. The van der Waals surface area contributed by atoms with E-state index in [4.69, 9.17) is 5.73 Å². The summed E-state index contributed by atoms with van der Waals surface area (Å²) in [7, 11) is 1.89. The summed E-state index contributed by atoms with van der Waals surface area (Å²) in [6.07, 6.45) is 1.45. The minimum atomic E-state index is -0.377. The maximum Gasteiger partial charge on any atom is 0.128 e. The van der Waals surface area contributed by atoms with E-state index in [2.05, 4.69) is 28.0 Å². The van der Waals surface area contributed by atoms with Gasteiger partial charge in [0.15, 0.2) is 0 Å². The number of hydrogen-bond donors (Lipinski definition) is 1. The Bertz CT molecular complexity index is 580. The van der Waals surface area contributed by atoms with Crippen LogP contribution in [0.5, 0.6) is 0 Å². The number of hydrogen-bond acceptors (Lipinski definition) is 2. The quantitative estimate of drug-likeness (QED) is 0.938. The van der Waals surface area contributed by atoms with Crippen molar-refractivity contribution in [3.8, 4) is 0 Å². The molecule has 1 heterocycles. The first-order valence-corrected chi connectivity index (χ1v) is 7.03. The lowest BCUT2D eigenvalue weighted by Crippen LogP contribution is -2.16. The van der Waals surface area contributed by atoms with Gasteiger partial charge in [-0.25, -0.2) is 4.39 Å². The largest absolute Gasteiger partial charge is 0.324 e. The third kappa shape index (κ3) is 3.22. The van der Waals surface area contributed by atoms with Crippen molar-refractivity contribution in [2.24, 2.45) is 12.8 Å². The van der Waals surface area contributed by atoms with Crippen molar-refractivity contribution >= 4 is 15.9 Å². The molecule has 0 radical (unpaired) electrons. The molecule has 0 spiro atoms. The van der Waals surface area contributed by atoms with Gasteiger partial charge in [0.05, 0.1) is 5.69 Å². The van der Waals surface area contributed by atoms with Gasteiger partial charge >= 0.3 is 0 Å². The molecule has 2 rings (SSSR count). The molecular weight excluding hydrogens is 309 g/mol. The fraction of sp³-hybridized carbons (Fsp3) is 0.357. The third-order valence-electron chi connectivity index (χ3n) is 3.18. The summed E-state index contributed by atoms with van der Waals surface area (Å²) in [4.78, 5) is 0. The van der Waals surface area contributed by atoms with Crippen molar-refractivity contribution in [3.63, 3.8) is 0 Å². The number of aromatic nitrogens is 2. The van der Waals surface area contributed by atoms with Gasteiger partial charge in [-0.05, 0) is 30.7 Å². The van der Waals surface area contributed by atoms with Crippen LogP contribution in [0.25, 0.3) is 0 Å². The summed E-state index contributed by atoms with van der Waals surface area (Å²) in [5.41, 5.74) is 8.68. The number of aryl methyl sites for hydroxylation is 2. The Kier molecular flexibility index (Phi) is 4.37. The first-order chi connectivity index (χ1) is 9.01. The van der Waals surface area contributed by atoms with Crippen molar-refractivity contribution < 1.29 is 4.39 Å². The van der Waals surface area contributed by atoms with Crippen LogP contribution in [0.2, 0.25) is 0 Å². The van der Waals surface area contributed by atoms with E-state index in [-0.39, 0.29) is 11.9 Å². The third-order valence-corrected chi connectivity index (χ3v) is 3.67. The molecule has 0 amide bonds. The van der Waals surface area contributed by atoms with Crippen LogP contribution in [0.4, 0.5) is 4.39 Å². The zero-order valence-electron chi connectivity index (χ0n) is 11.0. The first-order valence-electron chi connectivity index (χ1n) is 6.23. The molecule has 1 unspecified atom stereocenters. The highest BCUT2D eigenvalue weighted by atomic mass is 79.9. The lowest BCUT2D eigenvalue weighted by atomic mass is 10.0. The van der Waals surface area contributed by atoms with Crippen molar-refractivity contribution in [3.05, 3.63) is 51.5 Å². The number of benzene rings is 1.